The van der Waals surface area contributed by atoms with E-state index in [9.17, 15) is 4.79 Å². The lowest BCUT2D eigenvalue weighted by atomic mass is 10.1. The molecule has 1 aromatic carbocycles. The van der Waals surface area contributed by atoms with Crippen LogP contribution in [0.3, 0.4) is 0 Å². The lowest BCUT2D eigenvalue weighted by molar-refractivity contribution is -0.119. The van der Waals surface area contributed by atoms with Crippen LogP contribution in [-0.2, 0) is 11.2 Å². The molecule has 2 aromatic rings. The standard InChI is InChI=1S/C16H22N4OS/c1-5-13-18-19-15(20(13)12-9-7-6-8-10-12)22-11-14(21)17-16(2,3)4/h6-10H,5,11H2,1-4H3,(H,17,21). The number of benzene rings is 1. The van der Waals surface area contributed by atoms with Crippen molar-refractivity contribution < 1.29 is 4.79 Å². The van der Waals surface area contributed by atoms with E-state index >= 15 is 0 Å². The van der Waals surface area contributed by atoms with Gasteiger partial charge < -0.3 is 5.32 Å². The molecule has 0 unspecified atom stereocenters. The van der Waals surface area contributed by atoms with Crippen LogP contribution in [-0.4, -0.2) is 32.0 Å². The second kappa shape index (κ2) is 6.96. The highest BCUT2D eigenvalue weighted by Crippen LogP contribution is 2.22. The van der Waals surface area contributed by atoms with Crippen LogP contribution in [0.5, 0.6) is 0 Å². The number of carbonyl (C=O) groups excluding carboxylic acids is 1. The van der Waals surface area contributed by atoms with Crippen LogP contribution < -0.4 is 5.32 Å². The predicted octanol–water partition coefficient (Wildman–Crippen LogP) is 2.84. The average Bonchev–Trinajstić information content (AvgIpc) is 2.87. The fraction of sp³-hybridized carbons (Fsp3) is 0.438. The first-order valence-corrected chi connectivity index (χ1v) is 8.33. The molecule has 6 heteroatoms. The second-order valence-corrected chi connectivity index (χ2v) is 6.95. The van der Waals surface area contributed by atoms with Gasteiger partial charge in [0, 0.05) is 17.6 Å². The maximum atomic E-state index is 12.0. The van der Waals surface area contributed by atoms with Gasteiger partial charge in [-0.2, -0.15) is 0 Å². The molecule has 118 valence electrons. The van der Waals surface area contributed by atoms with Crippen molar-refractivity contribution in [3.63, 3.8) is 0 Å². The average molecular weight is 318 g/mol. The minimum absolute atomic E-state index is 0.00170. The van der Waals surface area contributed by atoms with Crippen LogP contribution in [0.1, 0.15) is 33.5 Å². The quantitative estimate of drug-likeness (QED) is 0.861. The van der Waals surface area contributed by atoms with Crippen LogP contribution in [0.2, 0.25) is 0 Å². The van der Waals surface area contributed by atoms with Gasteiger partial charge in [-0.25, -0.2) is 0 Å². The molecule has 0 radical (unpaired) electrons. The second-order valence-electron chi connectivity index (χ2n) is 6.01. The molecule has 0 saturated carbocycles. The summed E-state index contributed by atoms with van der Waals surface area (Å²) in [5.74, 6) is 1.22. The van der Waals surface area contributed by atoms with Gasteiger partial charge in [0.1, 0.15) is 5.82 Å². The molecule has 0 aliphatic carbocycles. The molecule has 0 spiro atoms. The highest BCUT2D eigenvalue weighted by atomic mass is 32.2. The molecule has 1 N–H and O–H groups in total. The minimum atomic E-state index is -0.223. The molecule has 0 bridgehead atoms. The zero-order valence-electron chi connectivity index (χ0n) is 13.5. The zero-order chi connectivity index (χ0) is 16.2. The Kier molecular flexibility index (Phi) is 5.24. The van der Waals surface area contributed by atoms with E-state index in [1.54, 1.807) is 0 Å². The van der Waals surface area contributed by atoms with E-state index in [2.05, 4.69) is 15.5 Å². The van der Waals surface area contributed by atoms with E-state index in [1.165, 1.54) is 11.8 Å². The van der Waals surface area contributed by atoms with Gasteiger partial charge in [-0.3, -0.25) is 9.36 Å². The van der Waals surface area contributed by atoms with Gasteiger partial charge in [-0.15, -0.1) is 10.2 Å². The maximum absolute atomic E-state index is 12.0. The van der Waals surface area contributed by atoms with Crippen LogP contribution in [0.25, 0.3) is 5.69 Å². The van der Waals surface area contributed by atoms with E-state index in [-0.39, 0.29) is 11.4 Å². The Hall–Kier alpha value is -1.82. The van der Waals surface area contributed by atoms with Gasteiger partial charge in [0.15, 0.2) is 5.16 Å². The number of para-hydroxylation sites is 1. The largest absolute Gasteiger partial charge is 0.351 e. The number of rotatable bonds is 5. The van der Waals surface area contributed by atoms with Crippen molar-refractivity contribution in [3.8, 4) is 5.69 Å². The van der Waals surface area contributed by atoms with Crippen LogP contribution in [0, 0.1) is 0 Å². The van der Waals surface area contributed by atoms with Crippen molar-refractivity contribution in [2.45, 2.75) is 44.8 Å². The van der Waals surface area contributed by atoms with Gasteiger partial charge in [-0.1, -0.05) is 36.9 Å². The molecule has 22 heavy (non-hydrogen) atoms. The molecule has 1 aromatic heterocycles. The summed E-state index contributed by atoms with van der Waals surface area (Å²) in [6.45, 7) is 7.95. The molecule has 2 rings (SSSR count). The number of hydrogen-bond acceptors (Lipinski definition) is 4. The lowest BCUT2D eigenvalue weighted by Gasteiger charge is -2.20. The summed E-state index contributed by atoms with van der Waals surface area (Å²) >= 11 is 1.40. The van der Waals surface area contributed by atoms with Crippen molar-refractivity contribution in [2.75, 3.05) is 5.75 Å². The lowest BCUT2D eigenvalue weighted by Crippen LogP contribution is -2.41. The molecular weight excluding hydrogens is 296 g/mol. The fourth-order valence-corrected chi connectivity index (χ4v) is 2.81. The number of amides is 1. The van der Waals surface area contributed by atoms with E-state index in [0.29, 0.717) is 5.75 Å². The third-order valence-electron chi connectivity index (χ3n) is 2.88. The molecule has 0 aliphatic rings. The SMILES string of the molecule is CCc1nnc(SCC(=O)NC(C)(C)C)n1-c1ccccc1. The van der Waals surface area contributed by atoms with Crippen molar-refractivity contribution in [1.82, 2.24) is 20.1 Å². The Morgan fingerprint density at radius 2 is 1.91 bits per heavy atom. The molecule has 1 heterocycles. The smallest absolute Gasteiger partial charge is 0.230 e. The summed E-state index contributed by atoms with van der Waals surface area (Å²) in [6, 6.07) is 9.97. The number of aryl methyl sites for hydroxylation is 1. The third-order valence-corrected chi connectivity index (χ3v) is 3.81. The van der Waals surface area contributed by atoms with Crippen LogP contribution in [0.15, 0.2) is 35.5 Å². The number of hydrogen-bond donors (Lipinski definition) is 1. The topological polar surface area (TPSA) is 59.8 Å². The van der Waals surface area contributed by atoms with Gasteiger partial charge in [0.05, 0.1) is 5.75 Å². The summed E-state index contributed by atoms with van der Waals surface area (Å²) in [6.07, 6.45) is 0.788. The normalized spacial score (nSPS) is 11.5. The Bertz CT molecular complexity index is 631. The third kappa shape index (κ3) is 4.34. The van der Waals surface area contributed by atoms with E-state index in [0.717, 1.165) is 23.1 Å². The first-order valence-electron chi connectivity index (χ1n) is 7.34. The summed E-state index contributed by atoms with van der Waals surface area (Å²) in [5.41, 5.74) is 0.794. The fourth-order valence-electron chi connectivity index (χ4n) is 2.04. The number of nitrogens with zero attached hydrogens (tertiary/aromatic N) is 3. The van der Waals surface area contributed by atoms with Crippen molar-refractivity contribution in [1.29, 1.82) is 0 Å². The Balaban J connectivity index is 2.16. The first kappa shape index (κ1) is 16.5. The number of thioether (sulfide) groups is 1. The Morgan fingerprint density at radius 3 is 2.50 bits per heavy atom. The Labute approximate surface area is 135 Å². The highest BCUT2D eigenvalue weighted by molar-refractivity contribution is 7.99. The van der Waals surface area contributed by atoms with Crippen LogP contribution in [0.4, 0.5) is 0 Å². The monoisotopic (exact) mass is 318 g/mol. The molecule has 1 amide bonds. The number of aromatic nitrogens is 3. The maximum Gasteiger partial charge on any atom is 0.230 e. The summed E-state index contributed by atoms with van der Waals surface area (Å²) < 4.78 is 2.01. The molecule has 0 fully saturated rings. The summed E-state index contributed by atoms with van der Waals surface area (Å²) in [7, 11) is 0. The molecule has 0 saturated heterocycles. The zero-order valence-corrected chi connectivity index (χ0v) is 14.3. The van der Waals surface area contributed by atoms with Crippen LogP contribution >= 0.6 is 11.8 Å². The number of nitrogens with one attached hydrogen (secondary N) is 1. The van der Waals surface area contributed by atoms with Crippen molar-refractivity contribution in [2.24, 2.45) is 0 Å². The first-order chi connectivity index (χ1) is 10.4. The van der Waals surface area contributed by atoms with E-state index < -0.39 is 0 Å². The highest BCUT2D eigenvalue weighted by Gasteiger charge is 2.17. The molecule has 5 nitrogen and oxygen atoms in total. The van der Waals surface area contributed by atoms with Crippen molar-refractivity contribution >= 4 is 17.7 Å². The van der Waals surface area contributed by atoms with Gasteiger partial charge in [0.25, 0.3) is 0 Å². The predicted molar refractivity (Wildman–Crippen MR) is 89.4 cm³/mol. The van der Waals surface area contributed by atoms with E-state index in [1.807, 2.05) is 62.6 Å². The van der Waals surface area contributed by atoms with E-state index in [4.69, 9.17) is 0 Å². The Morgan fingerprint density at radius 1 is 1.23 bits per heavy atom. The van der Waals surface area contributed by atoms with Gasteiger partial charge >= 0.3 is 0 Å². The van der Waals surface area contributed by atoms with Gasteiger partial charge in [-0.05, 0) is 32.9 Å². The molecular formula is C16H22N4OS. The summed E-state index contributed by atoms with van der Waals surface area (Å²) in [4.78, 5) is 12.0. The van der Waals surface area contributed by atoms with Crippen molar-refractivity contribution in [3.05, 3.63) is 36.2 Å². The minimum Gasteiger partial charge on any atom is -0.351 e. The summed E-state index contributed by atoms with van der Waals surface area (Å²) in [5, 5.41) is 12.1. The number of carbonyl (C=O) groups is 1. The van der Waals surface area contributed by atoms with Gasteiger partial charge in [0.2, 0.25) is 5.91 Å². The molecule has 0 atom stereocenters. The molecule has 0 aliphatic heterocycles.